The smallest absolute Gasteiger partial charge is 0.276 e. The molecule has 2 aromatic rings. The van der Waals surface area contributed by atoms with Crippen molar-refractivity contribution in [1.29, 1.82) is 0 Å². The number of carbonyl (C=O) groups excluding carboxylic acids is 2. The van der Waals surface area contributed by atoms with Crippen LogP contribution in [0.3, 0.4) is 0 Å². The molecule has 1 aromatic carbocycles. The molecule has 8 nitrogen and oxygen atoms in total. The molecule has 1 saturated heterocycles. The lowest BCUT2D eigenvalue weighted by atomic mass is 9.87. The Balaban J connectivity index is 1.47. The van der Waals surface area contributed by atoms with Crippen LogP contribution in [-0.4, -0.2) is 56.1 Å². The number of nitrogens with one attached hydrogen (secondary N) is 1. The molecule has 10 heteroatoms. The zero-order chi connectivity index (χ0) is 26.5. The van der Waals surface area contributed by atoms with Gasteiger partial charge in [0.1, 0.15) is 22.9 Å². The number of halogens is 2. The summed E-state index contributed by atoms with van der Waals surface area (Å²) in [7, 11) is 0. The van der Waals surface area contributed by atoms with Gasteiger partial charge in [-0.3, -0.25) is 19.3 Å². The van der Waals surface area contributed by atoms with Crippen LogP contribution in [-0.2, 0) is 13.1 Å². The average Bonchev–Trinajstić information content (AvgIpc) is 2.86. The number of nitrogens with zero attached hydrogens (tertiary/aromatic N) is 3. The van der Waals surface area contributed by atoms with Crippen LogP contribution >= 0.6 is 0 Å². The van der Waals surface area contributed by atoms with E-state index in [1.165, 1.54) is 23.3 Å². The maximum Gasteiger partial charge on any atom is 0.276 e. The molecule has 5 rings (SSSR count). The van der Waals surface area contributed by atoms with E-state index >= 15 is 0 Å². The largest absolute Gasteiger partial charge is 0.503 e. The summed E-state index contributed by atoms with van der Waals surface area (Å²) >= 11 is 0. The van der Waals surface area contributed by atoms with Crippen LogP contribution in [0.5, 0.6) is 5.75 Å². The van der Waals surface area contributed by atoms with Gasteiger partial charge in [0.25, 0.3) is 11.8 Å². The van der Waals surface area contributed by atoms with Crippen LogP contribution in [0.15, 0.2) is 29.2 Å². The zero-order valence-corrected chi connectivity index (χ0v) is 21.1. The highest BCUT2D eigenvalue weighted by atomic mass is 19.1. The average molecular weight is 515 g/mol. The molecule has 0 bridgehead atoms. The molecule has 3 heterocycles. The van der Waals surface area contributed by atoms with E-state index in [1.807, 2.05) is 6.92 Å². The zero-order valence-electron chi connectivity index (χ0n) is 21.1. The second kappa shape index (κ2) is 9.55. The van der Waals surface area contributed by atoms with Gasteiger partial charge in [-0.25, -0.2) is 8.78 Å². The lowest BCUT2D eigenvalue weighted by molar-refractivity contribution is -0.119. The van der Waals surface area contributed by atoms with E-state index in [0.29, 0.717) is 18.7 Å². The second-order valence-electron chi connectivity index (χ2n) is 10.8. The summed E-state index contributed by atoms with van der Waals surface area (Å²) in [5, 5.41) is 13.2. The Labute approximate surface area is 213 Å². The van der Waals surface area contributed by atoms with Gasteiger partial charge in [-0.05, 0) is 31.7 Å². The standard InChI is InChI=1S/C27H32F2N4O4/c1-16-12-32(19-6-4-3-5-7-19)27(2)15-31-14-20(23(34)24(35)22(31)26(37)33(27)13-16)25(36)30-11-17-8-9-18(28)10-21(17)29/h8-10,14,16,19,35H,3-7,11-13,15H2,1-2H3,(H,30,36)/t16-,27?/m1/s1. The second-order valence-corrected chi connectivity index (χ2v) is 10.8. The van der Waals surface area contributed by atoms with Crippen LogP contribution in [0.25, 0.3) is 0 Å². The Hall–Kier alpha value is -3.27. The van der Waals surface area contributed by atoms with Gasteiger partial charge in [-0.1, -0.05) is 32.3 Å². The van der Waals surface area contributed by atoms with Gasteiger partial charge in [0.05, 0.1) is 6.54 Å². The maximum absolute atomic E-state index is 14.0. The molecule has 2 fully saturated rings. The molecule has 2 N–H and O–H groups in total. The number of hydrogen-bond donors (Lipinski definition) is 2. The predicted octanol–water partition coefficient (Wildman–Crippen LogP) is 3.22. The SMILES string of the molecule is C[C@H]1CN2C(=O)c3c(O)c(=O)c(C(=O)NCc4ccc(F)cc4F)cn3CC2(C)N(C2CCCCC2)C1. The van der Waals surface area contributed by atoms with Gasteiger partial charge in [0.15, 0.2) is 11.4 Å². The minimum absolute atomic E-state index is 0.0508. The number of hydrogen-bond acceptors (Lipinski definition) is 5. The van der Waals surface area contributed by atoms with Crippen molar-refractivity contribution >= 4 is 11.8 Å². The van der Waals surface area contributed by atoms with E-state index in [9.17, 15) is 28.3 Å². The summed E-state index contributed by atoms with van der Waals surface area (Å²) in [4.78, 5) is 43.7. The van der Waals surface area contributed by atoms with Gasteiger partial charge in [0.2, 0.25) is 5.43 Å². The fourth-order valence-corrected chi connectivity index (χ4v) is 6.21. The topological polar surface area (TPSA) is 94.9 Å². The highest BCUT2D eigenvalue weighted by molar-refractivity contribution is 5.99. The Kier molecular flexibility index (Phi) is 6.55. The number of aromatic hydroxyl groups is 1. The third kappa shape index (κ3) is 4.41. The molecule has 1 aromatic heterocycles. The molecule has 198 valence electrons. The highest BCUT2D eigenvalue weighted by Crippen LogP contribution is 2.40. The van der Waals surface area contributed by atoms with Crippen molar-refractivity contribution in [3.63, 3.8) is 0 Å². The first-order chi connectivity index (χ1) is 17.6. The Bertz CT molecular complexity index is 1310. The number of benzene rings is 1. The molecular formula is C27H32F2N4O4. The summed E-state index contributed by atoms with van der Waals surface area (Å²) in [6.07, 6.45) is 6.91. The van der Waals surface area contributed by atoms with Crippen LogP contribution in [0, 0.1) is 17.6 Å². The molecule has 37 heavy (non-hydrogen) atoms. The van der Waals surface area contributed by atoms with Crippen molar-refractivity contribution in [2.45, 2.75) is 70.7 Å². The van der Waals surface area contributed by atoms with Crippen molar-refractivity contribution in [2.75, 3.05) is 13.1 Å². The van der Waals surface area contributed by atoms with Gasteiger partial charge in [-0.15, -0.1) is 0 Å². The molecule has 2 atom stereocenters. The third-order valence-electron chi connectivity index (χ3n) is 8.09. The molecule has 0 radical (unpaired) electrons. The highest BCUT2D eigenvalue weighted by Gasteiger charge is 2.52. The normalized spacial score (nSPS) is 24.5. The summed E-state index contributed by atoms with van der Waals surface area (Å²) in [5.41, 5.74) is -2.06. The predicted molar refractivity (Wildman–Crippen MR) is 132 cm³/mol. The van der Waals surface area contributed by atoms with Crippen molar-refractivity contribution in [3.05, 3.63) is 63.1 Å². The van der Waals surface area contributed by atoms with E-state index in [-0.39, 0.29) is 35.8 Å². The van der Waals surface area contributed by atoms with Gasteiger partial charge >= 0.3 is 0 Å². The summed E-state index contributed by atoms with van der Waals surface area (Å²) < 4.78 is 28.7. The summed E-state index contributed by atoms with van der Waals surface area (Å²) in [6.45, 7) is 5.48. The molecule has 2 aliphatic heterocycles. The van der Waals surface area contributed by atoms with E-state index in [2.05, 4.69) is 17.1 Å². The first-order valence-electron chi connectivity index (χ1n) is 12.9. The number of amides is 2. The third-order valence-corrected chi connectivity index (χ3v) is 8.09. The van der Waals surface area contributed by atoms with Crippen molar-refractivity contribution in [2.24, 2.45) is 5.92 Å². The Morgan fingerprint density at radius 1 is 1.16 bits per heavy atom. The number of pyridine rings is 1. The monoisotopic (exact) mass is 514 g/mol. The molecular weight excluding hydrogens is 482 g/mol. The Morgan fingerprint density at radius 3 is 2.59 bits per heavy atom. The van der Waals surface area contributed by atoms with Crippen LogP contribution in [0.2, 0.25) is 0 Å². The van der Waals surface area contributed by atoms with Gasteiger partial charge < -0.3 is 19.9 Å². The lowest BCUT2D eigenvalue weighted by Gasteiger charge is -2.59. The van der Waals surface area contributed by atoms with Crippen molar-refractivity contribution < 1.29 is 23.5 Å². The minimum atomic E-state index is -0.963. The number of aromatic nitrogens is 1. The summed E-state index contributed by atoms with van der Waals surface area (Å²) in [5.74, 6) is -3.35. The van der Waals surface area contributed by atoms with E-state index in [1.54, 1.807) is 4.90 Å². The van der Waals surface area contributed by atoms with Crippen LogP contribution < -0.4 is 10.7 Å². The molecule has 3 aliphatic rings. The molecule has 1 unspecified atom stereocenters. The van der Waals surface area contributed by atoms with Gasteiger partial charge in [0, 0.05) is 43.5 Å². The molecule has 2 amide bonds. The first kappa shape index (κ1) is 25.4. The quantitative estimate of drug-likeness (QED) is 0.654. The van der Waals surface area contributed by atoms with Crippen molar-refractivity contribution in [3.8, 4) is 5.75 Å². The fraction of sp³-hybridized carbons (Fsp3) is 0.519. The number of carbonyl (C=O) groups is 2. The van der Waals surface area contributed by atoms with E-state index in [0.717, 1.165) is 38.3 Å². The van der Waals surface area contributed by atoms with E-state index < -0.39 is 40.3 Å². The first-order valence-corrected chi connectivity index (χ1v) is 12.9. The fourth-order valence-electron chi connectivity index (χ4n) is 6.21. The molecule has 0 spiro atoms. The maximum atomic E-state index is 14.0. The number of rotatable bonds is 4. The molecule has 1 saturated carbocycles. The minimum Gasteiger partial charge on any atom is -0.503 e. The van der Waals surface area contributed by atoms with Crippen LogP contribution in [0.1, 0.15) is 72.4 Å². The number of fused-ring (bicyclic) bond motifs is 2. The van der Waals surface area contributed by atoms with E-state index in [4.69, 9.17) is 0 Å². The molecule has 1 aliphatic carbocycles. The Morgan fingerprint density at radius 2 is 1.89 bits per heavy atom. The lowest BCUT2D eigenvalue weighted by Crippen LogP contribution is -2.72. The summed E-state index contributed by atoms with van der Waals surface area (Å²) in [6, 6.07) is 3.33. The van der Waals surface area contributed by atoms with Crippen LogP contribution in [0.4, 0.5) is 8.78 Å². The van der Waals surface area contributed by atoms with Gasteiger partial charge in [-0.2, -0.15) is 0 Å². The van der Waals surface area contributed by atoms with Crippen molar-refractivity contribution in [1.82, 2.24) is 19.7 Å².